The number of benzene rings is 1. The highest BCUT2D eigenvalue weighted by molar-refractivity contribution is 9.10. The Morgan fingerprint density at radius 2 is 2.20 bits per heavy atom. The lowest BCUT2D eigenvalue weighted by molar-refractivity contribution is -0.380. The molecule has 0 atom stereocenters. The lowest BCUT2D eigenvalue weighted by Gasteiger charge is -1.89. The fourth-order valence-electron chi connectivity index (χ4n) is 0.587. The SMILES string of the molecule is O=[NH+]c1ccc(O)cc1Br. The molecule has 52 valence electrons. The highest BCUT2D eigenvalue weighted by Gasteiger charge is 2.04. The van der Waals surface area contributed by atoms with Gasteiger partial charge < -0.3 is 5.11 Å². The summed E-state index contributed by atoms with van der Waals surface area (Å²) in [5.41, 5.74) is 0.415. The first-order chi connectivity index (χ1) is 4.74. The fourth-order valence-corrected chi connectivity index (χ4v) is 1.03. The van der Waals surface area contributed by atoms with Gasteiger partial charge in [-0.25, -0.2) is 0 Å². The minimum absolute atomic E-state index is 0.130. The molecule has 0 fully saturated rings. The highest BCUT2D eigenvalue weighted by atomic mass is 79.9. The fraction of sp³-hybridized carbons (Fsp3) is 0. The van der Waals surface area contributed by atoms with E-state index in [2.05, 4.69) is 15.9 Å². The molecule has 0 aromatic heterocycles. The van der Waals surface area contributed by atoms with E-state index >= 15 is 0 Å². The van der Waals surface area contributed by atoms with Crippen LogP contribution in [0.3, 0.4) is 0 Å². The average molecular weight is 203 g/mol. The molecule has 0 spiro atoms. The molecule has 0 bridgehead atoms. The number of nitrogens with one attached hydrogen (secondary N) is 1. The first kappa shape index (κ1) is 7.21. The second kappa shape index (κ2) is 2.79. The van der Waals surface area contributed by atoms with Crippen molar-refractivity contribution in [3.63, 3.8) is 0 Å². The van der Waals surface area contributed by atoms with Crippen molar-refractivity contribution in [1.82, 2.24) is 0 Å². The standard InChI is InChI=1S/C6H4BrNO2/c7-5-3-4(9)1-2-6(5)8-10/h1-3,9H/p+1. The Hall–Kier alpha value is -0.900. The molecule has 0 radical (unpaired) electrons. The predicted molar refractivity (Wildman–Crippen MR) is 39.8 cm³/mol. The molecule has 0 heterocycles. The van der Waals surface area contributed by atoms with E-state index in [1.807, 2.05) is 0 Å². The van der Waals surface area contributed by atoms with Gasteiger partial charge in [-0.1, -0.05) is 0 Å². The lowest BCUT2D eigenvalue weighted by atomic mass is 10.3. The largest absolute Gasteiger partial charge is 0.508 e. The van der Waals surface area contributed by atoms with Gasteiger partial charge in [0, 0.05) is 22.2 Å². The van der Waals surface area contributed by atoms with Gasteiger partial charge in [-0.2, -0.15) is 0 Å². The first-order valence-corrected chi connectivity index (χ1v) is 3.40. The van der Waals surface area contributed by atoms with Crippen molar-refractivity contribution in [2.75, 3.05) is 0 Å². The molecule has 1 aromatic rings. The summed E-state index contributed by atoms with van der Waals surface area (Å²) < 4.78 is 0.558. The van der Waals surface area contributed by atoms with Gasteiger partial charge in [0.15, 0.2) is 0 Å². The molecule has 1 rings (SSSR count). The van der Waals surface area contributed by atoms with E-state index < -0.39 is 0 Å². The number of phenols is 1. The van der Waals surface area contributed by atoms with E-state index in [4.69, 9.17) is 5.11 Å². The quantitative estimate of drug-likeness (QED) is 0.657. The summed E-state index contributed by atoms with van der Waals surface area (Å²) in [5.74, 6) is 0.130. The monoisotopic (exact) mass is 202 g/mol. The van der Waals surface area contributed by atoms with Crippen molar-refractivity contribution >= 4 is 21.6 Å². The van der Waals surface area contributed by atoms with E-state index in [-0.39, 0.29) is 5.75 Å². The molecule has 0 saturated carbocycles. The van der Waals surface area contributed by atoms with Gasteiger partial charge in [-0.05, 0) is 22.0 Å². The lowest BCUT2D eigenvalue weighted by Crippen LogP contribution is -2.55. The predicted octanol–water partition coefficient (Wildman–Crippen LogP) is 0.633. The zero-order chi connectivity index (χ0) is 7.56. The molecule has 1 aromatic carbocycles. The maximum Gasteiger partial charge on any atom is 0.267 e. The summed E-state index contributed by atoms with van der Waals surface area (Å²) >= 11 is 3.08. The molecule has 0 aliphatic carbocycles. The van der Waals surface area contributed by atoms with Crippen molar-refractivity contribution in [3.05, 3.63) is 27.6 Å². The molecule has 0 aliphatic heterocycles. The molecule has 0 unspecified atom stereocenters. The van der Waals surface area contributed by atoms with E-state index in [0.717, 1.165) is 0 Å². The average Bonchev–Trinajstić information content (AvgIpc) is 1.88. The Kier molecular flexibility index (Phi) is 2.01. The van der Waals surface area contributed by atoms with Crippen LogP contribution in [0.5, 0.6) is 5.75 Å². The second-order valence-electron chi connectivity index (χ2n) is 1.77. The van der Waals surface area contributed by atoms with E-state index in [1.165, 1.54) is 18.2 Å². The third-order valence-corrected chi connectivity index (χ3v) is 1.72. The second-order valence-corrected chi connectivity index (χ2v) is 2.62. The normalized spacial score (nSPS) is 9.30. The van der Waals surface area contributed by atoms with E-state index in [9.17, 15) is 4.91 Å². The van der Waals surface area contributed by atoms with Crippen molar-refractivity contribution in [2.24, 2.45) is 0 Å². The minimum Gasteiger partial charge on any atom is -0.508 e. The van der Waals surface area contributed by atoms with Crippen LogP contribution in [0, 0.1) is 4.91 Å². The summed E-state index contributed by atoms with van der Waals surface area (Å²) in [7, 11) is 0. The van der Waals surface area contributed by atoms with Crippen LogP contribution in [0.25, 0.3) is 0 Å². The summed E-state index contributed by atoms with van der Waals surface area (Å²) in [4.78, 5) is 10.1. The topological polar surface area (TPSA) is 51.3 Å². The molecule has 3 nitrogen and oxygen atoms in total. The van der Waals surface area contributed by atoms with Crippen LogP contribution < -0.4 is 5.18 Å². The Morgan fingerprint density at radius 3 is 2.70 bits per heavy atom. The molecule has 0 saturated heterocycles. The summed E-state index contributed by atoms with van der Waals surface area (Å²) in [6, 6.07) is 4.37. The Bertz CT molecular complexity index is 262. The zero-order valence-corrected chi connectivity index (χ0v) is 6.55. The van der Waals surface area contributed by atoms with Crippen LogP contribution in [0.15, 0.2) is 22.7 Å². The molecule has 0 aliphatic rings. The van der Waals surface area contributed by atoms with Crippen LogP contribution in [0.1, 0.15) is 0 Å². The molecular weight excluding hydrogens is 198 g/mol. The number of nitroso groups, excluding NO2 is 1. The summed E-state index contributed by atoms with van der Waals surface area (Å²) in [6.45, 7) is 0. The molecule has 4 heteroatoms. The van der Waals surface area contributed by atoms with Gasteiger partial charge in [0.05, 0.1) is 4.47 Å². The van der Waals surface area contributed by atoms with Crippen LogP contribution >= 0.6 is 15.9 Å². The molecule has 2 N–H and O–H groups in total. The van der Waals surface area contributed by atoms with Gasteiger partial charge in [0.1, 0.15) is 5.75 Å². The molecule has 10 heavy (non-hydrogen) atoms. The Labute approximate surface area is 65.8 Å². The Balaban J connectivity index is 3.19. The maximum atomic E-state index is 10.1. The van der Waals surface area contributed by atoms with Gasteiger partial charge in [-0.3, -0.25) is 0 Å². The highest BCUT2D eigenvalue weighted by Crippen LogP contribution is 2.22. The number of halogens is 1. The van der Waals surface area contributed by atoms with Crippen LogP contribution in [-0.2, 0) is 0 Å². The van der Waals surface area contributed by atoms with Gasteiger partial charge in [0.2, 0.25) is 0 Å². The smallest absolute Gasteiger partial charge is 0.267 e. The van der Waals surface area contributed by atoms with Crippen molar-refractivity contribution in [3.8, 4) is 5.75 Å². The third kappa shape index (κ3) is 1.33. The zero-order valence-electron chi connectivity index (χ0n) is 4.97. The number of phenolic OH excluding ortho intramolecular Hbond substituents is 1. The van der Waals surface area contributed by atoms with Crippen molar-refractivity contribution in [2.45, 2.75) is 0 Å². The number of hydrogen-bond donors (Lipinski definition) is 2. The third-order valence-electron chi connectivity index (χ3n) is 1.06. The van der Waals surface area contributed by atoms with Gasteiger partial charge in [-0.15, -0.1) is 0 Å². The van der Waals surface area contributed by atoms with Gasteiger partial charge in [0.25, 0.3) is 5.69 Å². The first-order valence-electron chi connectivity index (χ1n) is 2.60. The van der Waals surface area contributed by atoms with Gasteiger partial charge >= 0.3 is 0 Å². The maximum absolute atomic E-state index is 10.1. The number of hydrogen-bond acceptors (Lipinski definition) is 2. The minimum atomic E-state index is 0.130. The van der Waals surface area contributed by atoms with Crippen molar-refractivity contribution in [1.29, 1.82) is 0 Å². The van der Waals surface area contributed by atoms with Crippen LogP contribution in [-0.4, -0.2) is 5.11 Å². The van der Waals surface area contributed by atoms with Crippen LogP contribution in [0.4, 0.5) is 5.69 Å². The molecular formula is C6H5BrNO2+. The summed E-state index contributed by atoms with van der Waals surface area (Å²) in [6.07, 6.45) is 0. The number of rotatable bonds is 1. The van der Waals surface area contributed by atoms with E-state index in [1.54, 1.807) is 5.18 Å². The van der Waals surface area contributed by atoms with E-state index in [0.29, 0.717) is 10.2 Å². The van der Waals surface area contributed by atoms with Crippen LogP contribution in [0.2, 0.25) is 0 Å². The van der Waals surface area contributed by atoms with Crippen molar-refractivity contribution < 1.29 is 10.3 Å². The Morgan fingerprint density at radius 1 is 1.50 bits per heavy atom. The number of aromatic hydroxyl groups is 1. The molecule has 0 amide bonds. The summed E-state index contributed by atoms with van der Waals surface area (Å²) in [5, 5.41) is 10.6.